The number of rotatable bonds is 4. The van der Waals surface area contributed by atoms with E-state index in [1.807, 2.05) is 48.5 Å². The number of carbonyl (C=O) groups excluding carboxylic acids is 1. The Morgan fingerprint density at radius 3 is 2.14 bits per heavy atom. The van der Waals surface area contributed by atoms with Crippen molar-refractivity contribution >= 4 is 21.9 Å². The van der Waals surface area contributed by atoms with Gasteiger partial charge in [0.15, 0.2) is 9.84 Å². The maximum atomic E-state index is 12.2. The van der Waals surface area contributed by atoms with Crippen LogP contribution in [0.1, 0.15) is 17.0 Å². The molecule has 1 aliphatic heterocycles. The second kappa shape index (κ2) is 6.94. The van der Waals surface area contributed by atoms with Crippen LogP contribution < -0.4 is 5.32 Å². The van der Waals surface area contributed by atoms with E-state index in [0.29, 0.717) is 0 Å². The van der Waals surface area contributed by atoms with Crippen molar-refractivity contribution in [2.45, 2.75) is 12.0 Å². The van der Waals surface area contributed by atoms with Crippen molar-refractivity contribution < 1.29 is 27.9 Å². The topological polar surface area (TPSA) is 110 Å². The normalized spacial score (nSPS) is 22.3. The fourth-order valence-electron chi connectivity index (χ4n) is 4.02. The van der Waals surface area contributed by atoms with E-state index in [1.165, 1.54) is 0 Å². The Bertz CT molecular complexity index is 1000. The Morgan fingerprint density at radius 2 is 1.57 bits per heavy atom. The molecule has 1 saturated heterocycles. The zero-order valence-corrected chi connectivity index (χ0v) is 15.7. The van der Waals surface area contributed by atoms with Crippen LogP contribution in [0.4, 0.5) is 4.79 Å². The van der Waals surface area contributed by atoms with Crippen LogP contribution in [0.2, 0.25) is 0 Å². The third-order valence-electron chi connectivity index (χ3n) is 5.32. The van der Waals surface area contributed by atoms with Gasteiger partial charge < -0.3 is 15.2 Å². The van der Waals surface area contributed by atoms with E-state index in [9.17, 15) is 23.1 Å². The predicted octanol–water partition coefficient (Wildman–Crippen LogP) is 2.02. The Hall–Kier alpha value is -2.87. The second-order valence-corrected chi connectivity index (χ2v) is 9.25. The van der Waals surface area contributed by atoms with E-state index >= 15 is 0 Å². The predicted molar refractivity (Wildman–Crippen MR) is 102 cm³/mol. The van der Waals surface area contributed by atoms with Crippen molar-refractivity contribution in [2.24, 2.45) is 5.92 Å². The summed E-state index contributed by atoms with van der Waals surface area (Å²) >= 11 is 0. The highest BCUT2D eigenvalue weighted by molar-refractivity contribution is 7.91. The summed E-state index contributed by atoms with van der Waals surface area (Å²) < 4.78 is 28.8. The van der Waals surface area contributed by atoms with Gasteiger partial charge in [-0.05, 0) is 22.3 Å². The molecule has 146 valence electrons. The molecule has 0 saturated carbocycles. The number of sulfone groups is 1. The molecule has 8 heteroatoms. The minimum atomic E-state index is -3.50. The number of aliphatic carboxylic acids is 1. The van der Waals surface area contributed by atoms with Crippen LogP contribution in [0.5, 0.6) is 0 Å². The molecule has 2 atom stereocenters. The maximum Gasteiger partial charge on any atom is 0.407 e. The number of fused-ring (bicyclic) bond motifs is 3. The largest absolute Gasteiger partial charge is 0.481 e. The summed E-state index contributed by atoms with van der Waals surface area (Å²) in [6.07, 6.45) is -0.810. The van der Waals surface area contributed by atoms with Crippen molar-refractivity contribution in [3.8, 4) is 11.1 Å². The van der Waals surface area contributed by atoms with E-state index in [1.54, 1.807) is 0 Å². The van der Waals surface area contributed by atoms with Gasteiger partial charge >= 0.3 is 12.1 Å². The number of alkyl carbamates (subject to hydrolysis) is 1. The van der Waals surface area contributed by atoms with Gasteiger partial charge in [-0.25, -0.2) is 13.2 Å². The average molecular weight is 401 g/mol. The summed E-state index contributed by atoms with van der Waals surface area (Å²) in [6, 6.07) is 14.8. The van der Waals surface area contributed by atoms with Crippen LogP contribution in [-0.2, 0) is 19.4 Å². The molecule has 0 spiro atoms. The maximum absolute atomic E-state index is 12.2. The second-order valence-electron chi connectivity index (χ2n) is 7.10. The molecule has 1 heterocycles. The summed E-state index contributed by atoms with van der Waals surface area (Å²) in [5.41, 5.74) is 4.31. The standard InChI is InChI=1S/C20H19NO6S/c22-19(23)17-10-28(25,26)11-18(17)21-20(24)27-9-16-14-7-3-1-5-12(14)13-6-2-4-8-15(13)16/h1-8,16-18H,9-11H2,(H,21,24)(H,22,23)/t17-,18-/m1/s1. The quantitative estimate of drug-likeness (QED) is 0.811. The van der Waals surface area contributed by atoms with Crippen LogP contribution in [0.15, 0.2) is 48.5 Å². The van der Waals surface area contributed by atoms with Crippen molar-refractivity contribution in [2.75, 3.05) is 18.1 Å². The molecule has 2 aromatic carbocycles. The molecule has 1 aliphatic carbocycles. The molecular formula is C20H19NO6S. The fourth-order valence-corrected chi connectivity index (χ4v) is 5.95. The lowest BCUT2D eigenvalue weighted by Gasteiger charge is -2.18. The highest BCUT2D eigenvalue weighted by atomic mass is 32.2. The third-order valence-corrected chi connectivity index (χ3v) is 7.05. The Morgan fingerprint density at radius 1 is 1.00 bits per heavy atom. The Balaban J connectivity index is 1.46. The lowest BCUT2D eigenvalue weighted by molar-refractivity contribution is -0.141. The van der Waals surface area contributed by atoms with Crippen LogP contribution in [-0.4, -0.2) is 49.7 Å². The Labute approximate surface area is 162 Å². The van der Waals surface area contributed by atoms with Crippen LogP contribution in [0.25, 0.3) is 11.1 Å². The summed E-state index contributed by atoms with van der Waals surface area (Å²) in [5, 5.41) is 11.6. The number of hydrogen-bond donors (Lipinski definition) is 2. The zero-order chi connectivity index (χ0) is 19.9. The van der Waals surface area contributed by atoms with E-state index in [-0.39, 0.29) is 12.5 Å². The number of ether oxygens (including phenoxy) is 1. The van der Waals surface area contributed by atoms with Crippen molar-refractivity contribution in [1.29, 1.82) is 0 Å². The molecule has 1 amide bonds. The minimum Gasteiger partial charge on any atom is -0.481 e. The first-order chi connectivity index (χ1) is 13.4. The zero-order valence-electron chi connectivity index (χ0n) is 14.9. The van der Waals surface area contributed by atoms with Crippen LogP contribution in [0, 0.1) is 5.92 Å². The highest BCUT2D eigenvalue weighted by Gasteiger charge is 2.43. The minimum absolute atomic E-state index is 0.0804. The number of carboxylic acid groups (broad SMARTS) is 1. The summed E-state index contributed by atoms with van der Waals surface area (Å²) in [7, 11) is -3.50. The number of carbonyl (C=O) groups is 2. The molecule has 1 fully saturated rings. The first kappa shape index (κ1) is 18.5. The lowest BCUT2D eigenvalue weighted by Crippen LogP contribution is -2.43. The SMILES string of the molecule is O=C(N[C@@H]1CS(=O)(=O)C[C@H]1C(=O)O)OCC1c2ccccc2-c2ccccc21. The smallest absolute Gasteiger partial charge is 0.407 e. The molecule has 2 aliphatic rings. The fraction of sp³-hybridized carbons (Fsp3) is 0.300. The summed E-state index contributed by atoms with van der Waals surface area (Å²) in [5.74, 6) is -3.40. The molecular weight excluding hydrogens is 382 g/mol. The van der Waals surface area contributed by atoms with Crippen molar-refractivity contribution in [3.05, 3.63) is 59.7 Å². The molecule has 2 N–H and O–H groups in total. The van der Waals surface area contributed by atoms with Gasteiger partial charge in [0, 0.05) is 5.92 Å². The van der Waals surface area contributed by atoms with Gasteiger partial charge in [0.1, 0.15) is 6.61 Å². The average Bonchev–Trinajstić information content (AvgIpc) is 3.14. The number of benzene rings is 2. The van der Waals surface area contributed by atoms with Crippen LogP contribution in [0.3, 0.4) is 0 Å². The Kier molecular flexibility index (Phi) is 4.58. The van der Waals surface area contributed by atoms with Crippen molar-refractivity contribution in [3.63, 3.8) is 0 Å². The van der Waals surface area contributed by atoms with Gasteiger partial charge in [-0.2, -0.15) is 0 Å². The first-order valence-corrected chi connectivity index (χ1v) is 10.7. The number of nitrogens with one attached hydrogen (secondary N) is 1. The van der Waals surface area contributed by atoms with Gasteiger partial charge in [-0.3, -0.25) is 4.79 Å². The van der Waals surface area contributed by atoms with Crippen LogP contribution >= 0.6 is 0 Å². The van der Waals surface area contributed by atoms with Gasteiger partial charge in [0.2, 0.25) is 0 Å². The monoisotopic (exact) mass is 401 g/mol. The van der Waals surface area contributed by atoms with E-state index in [0.717, 1.165) is 22.3 Å². The summed E-state index contributed by atoms with van der Waals surface area (Å²) in [6.45, 7) is 0.0804. The first-order valence-electron chi connectivity index (χ1n) is 8.90. The molecule has 4 rings (SSSR count). The van der Waals surface area contributed by atoms with E-state index in [4.69, 9.17) is 4.74 Å². The number of amides is 1. The van der Waals surface area contributed by atoms with E-state index in [2.05, 4.69) is 5.32 Å². The van der Waals surface area contributed by atoms with Gasteiger partial charge in [-0.1, -0.05) is 48.5 Å². The molecule has 0 radical (unpaired) electrons. The molecule has 2 aromatic rings. The van der Waals surface area contributed by atoms with Gasteiger partial charge in [-0.15, -0.1) is 0 Å². The van der Waals surface area contributed by atoms with Gasteiger partial charge in [0.05, 0.1) is 23.5 Å². The molecule has 7 nitrogen and oxygen atoms in total. The lowest BCUT2D eigenvalue weighted by atomic mass is 9.98. The van der Waals surface area contributed by atoms with Crippen molar-refractivity contribution in [1.82, 2.24) is 5.32 Å². The molecule has 28 heavy (non-hydrogen) atoms. The van der Waals surface area contributed by atoms with Gasteiger partial charge in [0.25, 0.3) is 0 Å². The molecule has 0 aromatic heterocycles. The highest BCUT2D eigenvalue weighted by Crippen LogP contribution is 2.44. The van der Waals surface area contributed by atoms with E-state index < -0.39 is 45.4 Å². The molecule has 0 unspecified atom stereocenters. The number of hydrogen-bond acceptors (Lipinski definition) is 5. The third kappa shape index (κ3) is 3.35. The summed E-state index contributed by atoms with van der Waals surface area (Å²) in [4.78, 5) is 23.5. The number of carboxylic acids is 1. The molecule has 0 bridgehead atoms.